The van der Waals surface area contributed by atoms with Gasteiger partial charge in [0.25, 0.3) is 0 Å². The monoisotopic (exact) mass is 539 g/mol. The molecule has 6 heteroatoms. The van der Waals surface area contributed by atoms with E-state index in [9.17, 15) is 13.2 Å². The van der Waals surface area contributed by atoms with E-state index in [1.807, 2.05) is 19.2 Å². The van der Waals surface area contributed by atoms with Crippen LogP contribution in [0.2, 0.25) is 13.3 Å². The molecule has 4 nitrogen and oxygen atoms in total. The third-order valence-corrected chi connectivity index (χ3v) is 23.4. The third-order valence-electron chi connectivity index (χ3n) is 6.15. The molecular weight excluding hydrogens is 501 g/mol. The zero-order valence-electron chi connectivity index (χ0n) is 19.0. The van der Waals surface area contributed by atoms with Crippen molar-refractivity contribution in [2.75, 3.05) is 0 Å². The Labute approximate surface area is 187 Å². The Balaban J connectivity index is 2.59. The average Bonchev–Trinajstić information content (AvgIpc) is 3.20. The first-order valence-electron chi connectivity index (χ1n) is 11.3. The summed E-state index contributed by atoms with van der Waals surface area (Å²) in [5, 5.41) is 0. The van der Waals surface area contributed by atoms with E-state index in [1.165, 1.54) is 40.1 Å². The summed E-state index contributed by atoms with van der Waals surface area (Å²) < 4.78 is 32.8. The Morgan fingerprint density at radius 1 is 0.900 bits per heavy atom. The van der Waals surface area contributed by atoms with Crippen LogP contribution < -0.4 is 3.58 Å². The van der Waals surface area contributed by atoms with E-state index in [4.69, 9.17) is 0 Å². The maximum atomic E-state index is 13.3. The summed E-state index contributed by atoms with van der Waals surface area (Å²) in [6.07, 6.45) is 9.54. The fourth-order valence-electron chi connectivity index (χ4n) is 4.22. The number of aromatic nitrogens is 1. The zero-order chi connectivity index (χ0) is 22.2. The van der Waals surface area contributed by atoms with Crippen molar-refractivity contribution in [3.8, 4) is 0 Å². The van der Waals surface area contributed by atoms with Gasteiger partial charge in [-0.2, -0.15) is 0 Å². The number of aldehydes is 1. The molecule has 1 aromatic heterocycles. The van der Waals surface area contributed by atoms with Crippen LogP contribution in [0.25, 0.3) is 0 Å². The van der Waals surface area contributed by atoms with Crippen LogP contribution in [0.5, 0.6) is 0 Å². The van der Waals surface area contributed by atoms with E-state index in [-0.39, 0.29) is 10.6 Å². The van der Waals surface area contributed by atoms with Crippen LogP contribution in [0, 0.1) is 6.92 Å². The Bertz CT molecular complexity index is 895. The van der Waals surface area contributed by atoms with E-state index in [1.54, 1.807) is 24.3 Å². The fraction of sp³-hybridized carbons (Fsp3) is 0.542. The molecule has 2 rings (SSSR count). The first kappa shape index (κ1) is 25.2. The first-order valence-corrected chi connectivity index (χ1v) is 20.3. The quantitative estimate of drug-likeness (QED) is 0.236. The molecule has 2 aromatic rings. The number of carbonyl (C=O) groups is 1. The Hall–Kier alpha value is -1.08. The van der Waals surface area contributed by atoms with Gasteiger partial charge in [-0.3, -0.25) is 0 Å². The number of hydrogen-bond acceptors (Lipinski definition) is 3. The molecule has 0 fully saturated rings. The number of unbranched alkanes of at least 4 members (excludes halogenated alkanes) is 3. The molecule has 0 radical (unpaired) electrons. The Morgan fingerprint density at radius 2 is 1.40 bits per heavy atom. The molecule has 0 amide bonds. The summed E-state index contributed by atoms with van der Waals surface area (Å²) in [7, 11) is -3.78. The molecule has 0 atom stereocenters. The van der Waals surface area contributed by atoms with Crippen molar-refractivity contribution in [2.24, 2.45) is 0 Å². The molecule has 0 N–H and O–H groups in total. The molecule has 166 valence electrons. The summed E-state index contributed by atoms with van der Waals surface area (Å²) >= 11 is -2.83. The number of benzene rings is 1. The van der Waals surface area contributed by atoms with Gasteiger partial charge in [-0.1, -0.05) is 0 Å². The van der Waals surface area contributed by atoms with Crippen LogP contribution >= 0.6 is 0 Å². The van der Waals surface area contributed by atoms with Gasteiger partial charge >= 0.3 is 188 Å². The predicted octanol–water partition coefficient (Wildman–Crippen LogP) is 5.90. The normalized spacial score (nSPS) is 12.3. The topological polar surface area (TPSA) is 56.1 Å². The molecule has 0 aliphatic carbocycles. The second-order valence-corrected chi connectivity index (χ2v) is 23.5. The van der Waals surface area contributed by atoms with Gasteiger partial charge < -0.3 is 0 Å². The van der Waals surface area contributed by atoms with Gasteiger partial charge in [-0.25, -0.2) is 0 Å². The van der Waals surface area contributed by atoms with Gasteiger partial charge in [0.2, 0.25) is 0 Å². The van der Waals surface area contributed by atoms with Gasteiger partial charge in [0.1, 0.15) is 0 Å². The second-order valence-electron chi connectivity index (χ2n) is 8.48. The summed E-state index contributed by atoms with van der Waals surface area (Å²) in [5.74, 6) is 0. The van der Waals surface area contributed by atoms with Gasteiger partial charge in [0.05, 0.1) is 0 Å². The minimum absolute atomic E-state index is 0.231. The van der Waals surface area contributed by atoms with Crippen LogP contribution in [0.15, 0.2) is 41.4 Å². The molecule has 0 saturated heterocycles. The standard InChI is InChI=1S/C12H10NO3S.3C4H9.Sn/c1-10-4-6-12(7-5-10)17(15,16)13-8-2-3-11(13)9-14;3*1-3-4-2;/h3-9H,1H3;3*1,3-4H2,2H3;. The molecular formula is C24H37NO3SSn. The van der Waals surface area contributed by atoms with Gasteiger partial charge in [-0.05, 0) is 0 Å². The number of nitrogens with zero attached hydrogens (tertiary/aromatic N) is 1. The molecule has 0 saturated carbocycles. The molecule has 30 heavy (non-hydrogen) atoms. The maximum absolute atomic E-state index is 13.3. The van der Waals surface area contributed by atoms with Gasteiger partial charge in [0, 0.05) is 0 Å². The van der Waals surface area contributed by atoms with Crippen molar-refractivity contribution >= 4 is 38.3 Å². The van der Waals surface area contributed by atoms with E-state index < -0.39 is 28.4 Å². The van der Waals surface area contributed by atoms with Crippen molar-refractivity contribution in [3.63, 3.8) is 0 Å². The summed E-state index contributed by atoms with van der Waals surface area (Å²) in [4.78, 5) is 12.1. The minimum atomic E-state index is -3.78. The molecule has 0 unspecified atom stereocenters. The van der Waals surface area contributed by atoms with Crippen molar-refractivity contribution in [1.29, 1.82) is 0 Å². The van der Waals surface area contributed by atoms with Crippen LogP contribution in [0.4, 0.5) is 0 Å². The van der Waals surface area contributed by atoms with E-state index >= 15 is 0 Å². The molecule has 1 heterocycles. The van der Waals surface area contributed by atoms with Crippen LogP contribution in [0.3, 0.4) is 0 Å². The SMILES string of the molecule is CCC[CH2][Sn]([CH2]CCC)([CH2]CCC)[c]1cc(C=O)n(S(=O)(=O)c2ccc(C)cc2)c1. The second kappa shape index (κ2) is 11.5. The van der Waals surface area contributed by atoms with Gasteiger partial charge in [0.15, 0.2) is 0 Å². The third kappa shape index (κ3) is 5.78. The molecule has 0 aliphatic heterocycles. The molecule has 0 spiro atoms. The van der Waals surface area contributed by atoms with Crippen LogP contribution in [0.1, 0.15) is 75.3 Å². The van der Waals surface area contributed by atoms with Crippen molar-refractivity contribution < 1.29 is 13.2 Å². The van der Waals surface area contributed by atoms with Crippen molar-refractivity contribution in [3.05, 3.63) is 47.8 Å². The van der Waals surface area contributed by atoms with E-state index in [0.717, 1.165) is 24.8 Å². The first-order chi connectivity index (χ1) is 14.3. The fourth-order valence-corrected chi connectivity index (χ4v) is 21.7. The predicted molar refractivity (Wildman–Crippen MR) is 128 cm³/mol. The van der Waals surface area contributed by atoms with E-state index in [2.05, 4.69) is 20.8 Å². The van der Waals surface area contributed by atoms with Crippen molar-refractivity contribution in [1.82, 2.24) is 3.97 Å². The van der Waals surface area contributed by atoms with Crippen LogP contribution in [-0.2, 0) is 10.0 Å². The number of aryl methyl sites for hydroxylation is 1. The van der Waals surface area contributed by atoms with E-state index in [0.29, 0.717) is 6.29 Å². The zero-order valence-corrected chi connectivity index (χ0v) is 22.7. The summed E-state index contributed by atoms with van der Waals surface area (Å²) in [6.45, 7) is 8.60. The Morgan fingerprint density at radius 3 is 1.83 bits per heavy atom. The molecule has 0 aliphatic rings. The van der Waals surface area contributed by atoms with Gasteiger partial charge in [-0.15, -0.1) is 0 Å². The number of hydrogen-bond donors (Lipinski definition) is 0. The molecule has 0 bridgehead atoms. The van der Waals surface area contributed by atoms with Crippen molar-refractivity contribution in [2.45, 2.75) is 84.4 Å². The number of carbonyl (C=O) groups excluding carboxylic acids is 1. The Kier molecular flexibility index (Phi) is 9.66. The molecule has 1 aromatic carbocycles. The number of rotatable bonds is 13. The van der Waals surface area contributed by atoms with Crippen LogP contribution in [-0.4, -0.2) is 37.1 Å². The summed E-state index contributed by atoms with van der Waals surface area (Å²) in [6, 6.07) is 8.76. The average molecular weight is 538 g/mol. The summed E-state index contributed by atoms with van der Waals surface area (Å²) in [5.41, 5.74) is 1.27.